The topological polar surface area (TPSA) is 88.6 Å². The van der Waals surface area contributed by atoms with Gasteiger partial charge in [0.15, 0.2) is 11.2 Å². The van der Waals surface area contributed by atoms with E-state index in [0.29, 0.717) is 48.3 Å². The molecule has 0 unspecified atom stereocenters. The van der Waals surface area contributed by atoms with Gasteiger partial charge in [0.1, 0.15) is 17.2 Å². The van der Waals surface area contributed by atoms with E-state index in [0.717, 1.165) is 54.5 Å². The van der Waals surface area contributed by atoms with E-state index in [2.05, 4.69) is 18.8 Å². The number of hydrogen-bond acceptors (Lipinski definition) is 5. The monoisotopic (exact) mass is 479 g/mol. The average Bonchev–Trinajstić information content (AvgIpc) is 2.83. The first-order chi connectivity index (χ1) is 16.9. The summed E-state index contributed by atoms with van der Waals surface area (Å²) < 4.78 is 12.3. The van der Waals surface area contributed by atoms with Gasteiger partial charge in [0.05, 0.1) is 24.3 Å². The molecule has 6 nitrogen and oxygen atoms in total. The lowest BCUT2D eigenvalue weighted by atomic mass is 9.95. The molecule has 0 saturated carbocycles. The normalized spacial score (nSPS) is 11.1. The van der Waals surface area contributed by atoms with Crippen molar-refractivity contribution in [2.24, 2.45) is 0 Å². The molecule has 188 valence electrons. The highest BCUT2D eigenvalue weighted by atomic mass is 16.5. The number of pyridine rings is 1. The molecule has 0 atom stereocenters. The number of aromatic nitrogens is 1. The van der Waals surface area contributed by atoms with Crippen LogP contribution in [0.1, 0.15) is 80.4 Å². The Morgan fingerprint density at radius 2 is 1.63 bits per heavy atom. The standard InChI is InChI=1S/C29H37NO5/c1-5-9-20-16-24-25(30-13-12-26(24)32)18-27(20)34-14-8-15-35-29-21(10-6-2)17-23(19(4)31)28(33)22(29)11-7-3/h12-13,16-18,33H,5-11,14-15H2,1-4H3,(H,30,32). The number of aromatic amines is 1. The maximum atomic E-state index is 12.2. The lowest BCUT2D eigenvalue weighted by Gasteiger charge is -2.19. The second-order valence-corrected chi connectivity index (χ2v) is 8.94. The summed E-state index contributed by atoms with van der Waals surface area (Å²) in [5.74, 6) is 1.38. The third-order valence-electron chi connectivity index (χ3n) is 6.08. The van der Waals surface area contributed by atoms with E-state index < -0.39 is 0 Å². The van der Waals surface area contributed by atoms with Gasteiger partial charge in [0, 0.05) is 35.7 Å². The smallest absolute Gasteiger partial charge is 0.189 e. The number of H-pyrrole nitrogens is 1. The number of nitrogens with one attached hydrogen (secondary N) is 1. The van der Waals surface area contributed by atoms with Crippen LogP contribution in [0.5, 0.6) is 17.2 Å². The molecule has 6 heteroatoms. The zero-order valence-electron chi connectivity index (χ0n) is 21.3. The molecule has 0 bridgehead atoms. The molecule has 2 N–H and O–H groups in total. The van der Waals surface area contributed by atoms with Crippen LogP contribution in [-0.2, 0) is 19.3 Å². The van der Waals surface area contributed by atoms with E-state index in [9.17, 15) is 14.7 Å². The molecule has 0 aliphatic heterocycles. The number of phenols is 1. The molecule has 2 aromatic carbocycles. The maximum Gasteiger partial charge on any atom is 0.189 e. The van der Waals surface area contributed by atoms with Crippen LogP contribution in [0.25, 0.3) is 10.9 Å². The quantitative estimate of drug-likeness (QED) is 0.227. The van der Waals surface area contributed by atoms with E-state index in [4.69, 9.17) is 9.47 Å². The van der Waals surface area contributed by atoms with E-state index >= 15 is 0 Å². The summed E-state index contributed by atoms with van der Waals surface area (Å²) in [5, 5.41) is 11.4. The molecule has 3 rings (SSSR count). The molecule has 0 fully saturated rings. The minimum absolute atomic E-state index is 0.000800. The molecule has 0 radical (unpaired) electrons. The van der Waals surface area contributed by atoms with Gasteiger partial charge in [-0.25, -0.2) is 0 Å². The third kappa shape index (κ3) is 6.24. The van der Waals surface area contributed by atoms with E-state index in [1.54, 1.807) is 12.3 Å². The Morgan fingerprint density at radius 1 is 0.943 bits per heavy atom. The van der Waals surface area contributed by atoms with Crippen LogP contribution in [0.4, 0.5) is 0 Å². The fourth-order valence-corrected chi connectivity index (χ4v) is 4.42. The number of fused-ring (bicyclic) bond motifs is 1. The van der Waals surface area contributed by atoms with Crippen LogP contribution in [-0.4, -0.2) is 29.1 Å². The number of ether oxygens (including phenoxy) is 2. The molecule has 35 heavy (non-hydrogen) atoms. The Morgan fingerprint density at radius 3 is 2.31 bits per heavy atom. The molecule has 0 amide bonds. The second kappa shape index (κ2) is 12.4. The largest absolute Gasteiger partial charge is 0.507 e. The third-order valence-corrected chi connectivity index (χ3v) is 6.08. The first-order valence-electron chi connectivity index (χ1n) is 12.7. The highest BCUT2D eigenvalue weighted by Gasteiger charge is 2.20. The van der Waals surface area contributed by atoms with Crippen molar-refractivity contribution in [1.82, 2.24) is 4.98 Å². The first-order valence-corrected chi connectivity index (χ1v) is 12.7. The van der Waals surface area contributed by atoms with Crippen LogP contribution in [0, 0.1) is 0 Å². The van der Waals surface area contributed by atoms with Gasteiger partial charge in [-0.05, 0) is 49.4 Å². The molecule has 0 aliphatic carbocycles. The molecule has 0 saturated heterocycles. The number of ketones is 1. The molecular weight excluding hydrogens is 442 g/mol. The van der Waals surface area contributed by atoms with Crippen molar-refractivity contribution >= 4 is 16.7 Å². The van der Waals surface area contributed by atoms with Gasteiger partial charge < -0.3 is 19.6 Å². The van der Waals surface area contributed by atoms with Crippen LogP contribution in [0.15, 0.2) is 35.3 Å². The maximum absolute atomic E-state index is 12.2. The Balaban J connectivity index is 1.74. The zero-order valence-corrected chi connectivity index (χ0v) is 21.3. The van der Waals surface area contributed by atoms with Crippen molar-refractivity contribution in [2.75, 3.05) is 13.2 Å². The van der Waals surface area contributed by atoms with Gasteiger partial charge in [0.2, 0.25) is 0 Å². The number of aryl methyl sites for hydroxylation is 2. The van der Waals surface area contributed by atoms with E-state index in [1.165, 1.54) is 13.0 Å². The summed E-state index contributed by atoms with van der Waals surface area (Å²) in [6.07, 6.45) is 7.26. The number of benzene rings is 2. The number of carbonyl (C=O) groups is 1. The fraction of sp³-hybridized carbons (Fsp3) is 0.448. The Hall–Kier alpha value is -3.28. The average molecular weight is 480 g/mol. The molecule has 0 aliphatic rings. The number of rotatable bonds is 13. The summed E-state index contributed by atoms with van der Waals surface area (Å²) in [4.78, 5) is 27.4. The van der Waals surface area contributed by atoms with Crippen molar-refractivity contribution in [2.45, 2.75) is 72.6 Å². The van der Waals surface area contributed by atoms with Crippen LogP contribution < -0.4 is 14.9 Å². The van der Waals surface area contributed by atoms with Crippen molar-refractivity contribution in [3.63, 3.8) is 0 Å². The van der Waals surface area contributed by atoms with Crippen molar-refractivity contribution < 1.29 is 19.4 Å². The molecule has 0 spiro atoms. The lowest BCUT2D eigenvalue weighted by molar-refractivity contribution is 0.101. The summed E-state index contributed by atoms with van der Waals surface area (Å²) >= 11 is 0. The Labute approximate surface area is 207 Å². The predicted octanol–water partition coefficient (Wildman–Crippen LogP) is 6.14. The Kier molecular flexibility index (Phi) is 9.35. The Bertz CT molecular complexity index is 1230. The second-order valence-electron chi connectivity index (χ2n) is 8.94. The van der Waals surface area contributed by atoms with Crippen molar-refractivity contribution in [1.29, 1.82) is 0 Å². The zero-order chi connectivity index (χ0) is 25.4. The number of Topliss-reactive ketones (excluding diaryl/α,β-unsaturated/α-hetero) is 1. The van der Waals surface area contributed by atoms with Crippen molar-refractivity contribution in [3.05, 3.63) is 62.9 Å². The molecule has 3 aromatic rings. The minimum atomic E-state index is -0.142. The van der Waals surface area contributed by atoms with E-state index in [-0.39, 0.29) is 17.0 Å². The number of hydrogen-bond donors (Lipinski definition) is 2. The molecular formula is C29H37NO5. The summed E-state index contributed by atoms with van der Waals surface area (Å²) in [6, 6.07) is 7.14. The van der Waals surface area contributed by atoms with Crippen LogP contribution in [0.3, 0.4) is 0 Å². The minimum Gasteiger partial charge on any atom is -0.507 e. The SMILES string of the molecule is CCCc1cc2c(=O)cc[nH]c2cc1OCCCOc1c(CCC)cc(C(C)=O)c(O)c1CCC. The fourth-order valence-electron chi connectivity index (χ4n) is 4.42. The van der Waals surface area contributed by atoms with Crippen molar-refractivity contribution in [3.8, 4) is 17.2 Å². The highest BCUT2D eigenvalue weighted by molar-refractivity contribution is 5.97. The predicted molar refractivity (Wildman–Crippen MR) is 140 cm³/mol. The van der Waals surface area contributed by atoms with Gasteiger partial charge >= 0.3 is 0 Å². The van der Waals surface area contributed by atoms with Gasteiger partial charge in [-0.2, -0.15) is 0 Å². The van der Waals surface area contributed by atoms with Gasteiger partial charge in [-0.1, -0.05) is 40.0 Å². The van der Waals surface area contributed by atoms with Crippen LogP contribution >= 0.6 is 0 Å². The van der Waals surface area contributed by atoms with Gasteiger partial charge in [-0.3, -0.25) is 9.59 Å². The summed E-state index contributed by atoms with van der Waals surface area (Å²) in [7, 11) is 0. The summed E-state index contributed by atoms with van der Waals surface area (Å²) in [5.41, 5.74) is 3.83. The molecule has 1 aromatic heterocycles. The first kappa shape index (κ1) is 26.3. The number of carbonyl (C=O) groups excluding carboxylic acids is 1. The van der Waals surface area contributed by atoms with Crippen LogP contribution in [0.2, 0.25) is 0 Å². The lowest BCUT2D eigenvalue weighted by Crippen LogP contribution is -2.10. The number of aromatic hydroxyl groups is 1. The van der Waals surface area contributed by atoms with E-state index in [1.807, 2.05) is 19.1 Å². The number of phenolic OH excluding ortho intramolecular Hbond substituents is 1. The van der Waals surface area contributed by atoms with Gasteiger partial charge in [-0.15, -0.1) is 0 Å². The van der Waals surface area contributed by atoms with Gasteiger partial charge in [0.25, 0.3) is 0 Å². The molecule has 1 heterocycles. The summed E-state index contributed by atoms with van der Waals surface area (Å²) in [6.45, 7) is 8.60. The highest BCUT2D eigenvalue weighted by Crippen LogP contribution is 2.37.